The molecule has 1 aromatic heterocycles. The van der Waals surface area contributed by atoms with Crippen molar-refractivity contribution in [3.05, 3.63) is 35.7 Å². The smallest absolute Gasteiger partial charge is 0.241 e. The van der Waals surface area contributed by atoms with Crippen LogP contribution in [-0.2, 0) is 6.54 Å². The van der Waals surface area contributed by atoms with Gasteiger partial charge in [0.2, 0.25) is 11.7 Å². The van der Waals surface area contributed by atoms with Gasteiger partial charge in [0.05, 0.1) is 6.54 Å². The van der Waals surface area contributed by atoms with Crippen molar-refractivity contribution in [1.29, 1.82) is 0 Å². The number of hydrogen-bond acceptors (Lipinski definition) is 5. The highest BCUT2D eigenvalue weighted by Crippen LogP contribution is 2.22. The van der Waals surface area contributed by atoms with Gasteiger partial charge in [-0.1, -0.05) is 35.0 Å². The molecule has 5 nitrogen and oxygen atoms in total. The van der Waals surface area contributed by atoms with E-state index in [1.54, 1.807) is 0 Å². The van der Waals surface area contributed by atoms with E-state index in [9.17, 15) is 0 Å². The van der Waals surface area contributed by atoms with Gasteiger partial charge in [-0.05, 0) is 47.3 Å². The maximum Gasteiger partial charge on any atom is 0.241 e. The Morgan fingerprint density at radius 1 is 1.30 bits per heavy atom. The van der Waals surface area contributed by atoms with Crippen molar-refractivity contribution in [2.75, 3.05) is 20.6 Å². The maximum absolute atomic E-state index is 5.45. The minimum absolute atomic E-state index is 0.580. The summed E-state index contributed by atoms with van der Waals surface area (Å²) in [4.78, 5) is 9.32. The van der Waals surface area contributed by atoms with Crippen LogP contribution < -0.4 is 0 Å². The van der Waals surface area contributed by atoms with Gasteiger partial charge in [-0.3, -0.25) is 4.90 Å². The van der Waals surface area contributed by atoms with E-state index >= 15 is 0 Å². The number of nitrogens with zero attached hydrogens (tertiary/aromatic N) is 4. The molecule has 0 radical (unpaired) electrons. The summed E-state index contributed by atoms with van der Waals surface area (Å²) in [7, 11) is 4.35. The molecule has 0 aliphatic carbocycles. The predicted octanol–water partition coefficient (Wildman–Crippen LogP) is 2.96. The Labute approximate surface area is 138 Å². The van der Waals surface area contributed by atoms with Gasteiger partial charge in [0.1, 0.15) is 0 Å². The van der Waals surface area contributed by atoms with E-state index < -0.39 is 0 Å². The number of likely N-dealkylation sites (tertiary alicyclic amines) is 1. The second-order valence-electron chi connectivity index (χ2n) is 6.80. The van der Waals surface area contributed by atoms with E-state index in [2.05, 4.69) is 60.0 Å². The van der Waals surface area contributed by atoms with Crippen molar-refractivity contribution in [2.24, 2.45) is 0 Å². The first-order valence-electron chi connectivity index (χ1n) is 8.33. The fourth-order valence-electron chi connectivity index (χ4n) is 3.15. The third kappa shape index (κ3) is 3.79. The average molecular weight is 314 g/mol. The standard InChI is InChI=1S/C18H26N4O/c1-13-5-7-15(8-6-13)18-19-17(23-20-18)12-22(4)16-9-10-21(3)14(2)11-16/h5-8,14,16H,9-12H2,1-4H3. The molecule has 0 amide bonds. The van der Waals surface area contributed by atoms with Crippen LogP contribution in [0.2, 0.25) is 0 Å². The van der Waals surface area contributed by atoms with Gasteiger partial charge in [-0.2, -0.15) is 4.98 Å². The topological polar surface area (TPSA) is 45.4 Å². The van der Waals surface area contributed by atoms with Gasteiger partial charge in [0.25, 0.3) is 0 Å². The van der Waals surface area contributed by atoms with E-state index in [0.29, 0.717) is 30.3 Å². The summed E-state index contributed by atoms with van der Waals surface area (Å²) in [5, 5.41) is 4.12. The first-order valence-corrected chi connectivity index (χ1v) is 8.33. The van der Waals surface area contributed by atoms with Crippen LogP contribution in [0.1, 0.15) is 31.2 Å². The van der Waals surface area contributed by atoms with Gasteiger partial charge in [-0.25, -0.2) is 0 Å². The lowest BCUT2D eigenvalue weighted by molar-refractivity contribution is 0.0938. The minimum atomic E-state index is 0.580. The highest BCUT2D eigenvalue weighted by Gasteiger charge is 2.26. The number of hydrogen-bond donors (Lipinski definition) is 0. The second-order valence-corrected chi connectivity index (χ2v) is 6.80. The van der Waals surface area contributed by atoms with Crippen LogP contribution in [-0.4, -0.2) is 52.7 Å². The molecule has 0 N–H and O–H groups in total. The van der Waals surface area contributed by atoms with Crippen LogP contribution in [0.5, 0.6) is 0 Å². The SMILES string of the molecule is Cc1ccc(-c2noc(CN(C)C3CCN(C)C(C)C3)n2)cc1. The third-order valence-corrected chi connectivity index (χ3v) is 4.97. The average Bonchev–Trinajstić information content (AvgIpc) is 2.99. The van der Waals surface area contributed by atoms with Gasteiger partial charge < -0.3 is 9.42 Å². The molecule has 23 heavy (non-hydrogen) atoms. The lowest BCUT2D eigenvalue weighted by atomic mass is 9.98. The van der Waals surface area contributed by atoms with Crippen molar-refractivity contribution in [1.82, 2.24) is 19.9 Å². The summed E-state index contributed by atoms with van der Waals surface area (Å²) in [6.07, 6.45) is 2.38. The molecule has 1 aliphatic rings. The van der Waals surface area contributed by atoms with Gasteiger partial charge in [0.15, 0.2) is 0 Å². The van der Waals surface area contributed by atoms with Crippen molar-refractivity contribution in [3.8, 4) is 11.4 Å². The summed E-state index contributed by atoms with van der Waals surface area (Å²) in [5.41, 5.74) is 2.23. The summed E-state index contributed by atoms with van der Waals surface area (Å²) in [6.45, 7) is 6.22. The van der Waals surface area contributed by atoms with Crippen LogP contribution >= 0.6 is 0 Å². The van der Waals surface area contributed by atoms with Gasteiger partial charge >= 0.3 is 0 Å². The third-order valence-electron chi connectivity index (χ3n) is 4.97. The number of aryl methyl sites for hydroxylation is 1. The fraction of sp³-hybridized carbons (Fsp3) is 0.556. The van der Waals surface area contributed by atoms with Gasteiger partial charge in [0, 0.05) is 17.6 Å². The van der Waals surface area contributed by atoms with E-state index in [1.165, 1.54) is 18.4 Å². The van der Waals surface area contributed by atoms with Crippen molar-refractivity contribution < 1.29 is 4.52 Å². The first kappa shape index (κ1) is 16.1. The maximum atomic E-state index is 5.45. The molecule has 0 spiro atoms. The molecule has 1 aliphatic heterocycles. The Bertz CT molecular complexity index is 637. The highest BCUT2D eigenvalue weighted by molar-refractivity contribution is 5.54. The Hall–Kier alpha value is -1.72. The molecule has 2 atom stereocenters. The highest BCUT2D eigenvalue weighted by atomic mass is 16.5. The largest absolute Gasteiger partial charge is 0.338 e. The van der Waals surface area contributed by atoms with E-state index in [4.69, 9.17) is 4.52 Å². The Morgan fingerprint density at radius 2 is 2.04 bits per heavy atom. The molecule has 124 valence electrons. The molecule has 0 bridgehead atoms. The molecule has 2 heterocycles. The Morgan fingerprint density at radius 3 is 2.74 bits per heavy atom. The summed E-state index contributed by atoms with van der Waals surface area (Å²) < 4.78 is 5.45. The van der Waals surface area contributed by atoms with Crippen LogP contribution in [0, 0.1) is 6.92 Å². The lowest BCUT2D eigenvalue weighted by Crippen LogP contribution is -2.46. The monoisotopic (exact) mass is 314 g/mol. The number of piperidine rings is 1. The summed E-state index contributed by atoms with van der Waals surface area (Å²) >= 11 is 0. The summed E-state index contributed by atoms with van der Waals surface area (Å²) in [5.74, 6) is 1.36. The van der Waals surface area contributed by atoms with Crippen LogP contribution in [0.15, 0.2) is 28.8 Å². The molecule has 5 heteroatoms. The number of benzene rings is 1. The number of rotatable bonds is 4. The summed E-state index contributed by atoms with van der Waals surface area (Å²) in [6, 6.07) is 9.41. The molecule has 0 saturated carbocycles. The quantitative estimate of drug-likeness (QED) is 0.868. The van der Waals surface area contributed by atoms with Crippen molar-refractivity contribution in [2.45, 2.75) is 45.3 Å². The van der Waals surface area contributed by atoms with Crippen LogP contribution in [0.3, 0.4) is 0 Å². The molecular formula is C18H26N4O. The lowest BCUT2D eigenvalue weighted by Gasteiger charge is -2.38. The molecule has 1 aromatic carbocycles. The van der Waals surface area contributed by atoms with Crippen molar-refractivity contribution >= 4 is 0 Å². The molecule has 2 aromatic rings. The Balaban J connectivity index is 1.63. The number of aromatic nitrogens is 2. The zero-order valence-electron chi connectivity index (χ0n) is 14.5. The minimum Gasteiger partial charge on any atom is -0.338 e. The van der Waals surface area contributed by atoms with E-state index in [-0.39, 0.29) is 0 Å². The van der Waals surface area contributed by atoms with Gasteiger partial charge in [-0.15, -0.1) is 0 Å². The molecule has 1 fully saturated rings. The molecule has 3 rings (SSSR count). The predicted molar refractivity (Wildman–Crippen MR) is 91.1 cm³/mol. The fourth-order valence-corrected chi connectivity index (χ4v) is 3.15. The van der Waals surface area contributed by atoms with Crippen LogP contribution in [0.4, 0.5) is 0 Å². The second kappa shape index (κ2) is 6.81. The molecule has 1 saturated heterocycles. The van der Waals surface area contributed by atoms with Crippen LogP contribution in [0.25, 0.3) is 11.4 Å². The zero-order chi connectivity index (χ0) is 16.4. The van der Waals surface area contributed by atoms with E-state index in [0.717, 1.165) is 12.1 Å². The molecule has 2 unspecified atom stereocenters. The van der Waals surface area contributed by atoms with E-state index in [1.807, 2.05) is 12.1 Å². The first-order chi connectivity index (χ1) is 11.0. The zero-order valence-corrected chi connectivity index (χ0v) is 14.5. The normalized spacial score (nSPS) is 22.7. The van der Waals surface area contributed by atoms with Crippen molar-refractivity contribution in [3.63, 3.8) is 0 Å². The Kier molecular flexibility index (Phi) is 4.78. The molecular weight excluding hydrogens is 288 g/mol.